The van der Waals surface area contributed by atoms with Crippen LogP contribution in [0, 0.1) is 11.3 Å². The van der Waals surface area contributed by atoms with Crippen LogP contribution < -0.4 is 5.32 Å². The van der Waals surface area contributed by atoms with E-state index in [0.717, 1.165) is 5.69 Å². The van der Waals surface area contributed by atoms with Gasteiger partial charge < -0.3 is 9.73 Å². The fourth-order valence-corrected chi connectivity index (χ4v) is 1.43. The maximum absolute atomic E-state index is 11.8. The maximum atomic E-state index is 11.8. The molecule has 94 valence electrons. The van der Waals surface area contributed by atoms with Crippen LogP contribution in [0.15, 0.2) is 52.8 Å². The van der Waals surface area contributed by atoms with Gasteiger partial charge in [-0.15, -0.1) is 0 Å². The largest absolute Gasteiger partial charge is 0.465 e. The first-order valence-corrected chi connectivity index (χ1v) is 5.63. The molecule has 0 atom stereocenters. The van der Waals surface area contributed by atoms with Crippen LogP contribution in [0.2, 0.25) is 0 Å². The summed E-state index contributed by atoms with van der Waals surface area (Å²) in [6, 6.07) is 10.6. The molecule has 1 amide bonds. The lowest BCUT2D eigenvalue weighted by molar-refractivity contribution is -0.117. The summed E-state index contributed by atoms with van der Waals surface area (Å²) in [7, 11) is 0. The minimum absolute atomic E-state index is 0.00844. The minimum atomic E-state index is -0.454. The summed E-state index contributed by atoms with van der Waals surface area (Å²) in [4.78, 5) is 15.9. The molecule has 0 aliphatic rings. The van der Waals surface area contributed by atoms with Crippen LogP contribution in [-0.4, -0.2) is 10.9 Å². The minimum Gasteiger partial charge on any atom is -0.465 e. The number of carbonyl (C=O) groups excluding carboxylic acids is 1. The standard InChI is InChI=1S/C14H11N3O2/c15-9-11(8-13-5-3-7-19-13)14(18)17-10-12-4-1-2-6-16-12/h1-8H,10H2,(H,17,18)/b11-8+. The quantitative estimate of drug-likeness (QED) is 0.666. The molecule has 0 radical (unpaired) electrons. The molecule has 0 aliphatic heterocycles. The van der Waals surface area contributed by atoms with Gasteiger partial charge in [0.2, 0.25) is 0 Å². The van der Waals surface area contributed by atoms with Gasteiger partial charge in [0.05, 0.1) is 18.5 Å². The molecular formula is C14H11N3O2. The van der Waals surface area contributed by atoms with Crippen LogP contribution in [-0.2, 0) is 11.3 Å². The van der Waals surface area contributed by atoms with Crippen molar-refractivity contribution in [2.75, 3.05) is 0 Å². The van der Waals surface area contributed by atoms with E-state index < -0.39 is 5.91 Å². The van der Waals surface area contributed by atoms with Crippen molar-refractivity contribution in [1.82, 2.24) is 10.3 Å². The Balaban J connectivity index is 2.01. The van der Waals surface area contributed by atoms with Crippen molar-refractivity contribution in [3.63, 3.8) is 0 Å². The fourth-order valence-electron chi connectivity index (χ4n) is 1.43. The summed E-state index contributed by atoms with van der Waals surface area (Å²) in [6.07, 6.45) is 4.52. The molecule has 0 bridgehead atoms. The Hall–Kier alpha value is -2.87. The first-order chi connectivity index (χ1) is 9.29. The zero-order valence-electron chi connectivity index (χ0n) is 10.0. The number of aromatic nitrogens is 1. The van der Waals surface area contributed by atoms with E-state index in [-0.39, 0.29) is 12.1 Å². The zero-order valence-corrected chi connectivity index (χ0v) is 10.0. The molecule has 19 heavy (non-hydrogen) atoms. The molecule has 1 N–H and O–H groups in total. The summed E-state index contributed by atoms with van der Waals surface area (Å²) in [5.41, 5.74) is 0.719. The normalized spacial score (nSPS) is 10.8. The number of hydrogen-bond acceptors (Lipinski definition) is 4. The third kappa shape index (κ3) is 3.54. The topological polar surface area (TPSA) is 78.9 Å². The van der Waals surface area contributed by atoms with Crippen molar-refractivity contribution in [2.24, 2.45) is 0 Å². The van der Waals surface area contributed by atoms with Crippen molar-refractivity contribution in [3.8, 4) is 6.07 Å². The van der Waals surface area contributed by atoms with Crippen molar-refractivity contribution < 1.29 is 9.21 Å². The van der Waals surface area contributed by atoms with Crippen molar-refractivity contribution in [3.05, 3.63) is 59.8 Å². The fraction of sp³-hybridized carbons (Fsp3) is 0.0714. The molecular weight excluding hydrogens is 242 g/mol. The number of nitriles is 1. The highest BCUT2D eigenvalue weighted by Gasteiger charge is 2.09. The lowest BCUT2D eigenvalue weighted by atomic mass is 10.2. The highest BCUT2D eigenvalue weighted by molar-refractivity contribution is 6.01. The molecule has 2 aromatic rings. The van der Waals surface area contributed by atoms with Gasteiger partial charge in [-0.25, -0.2) is 0 Å². The van der Waals surface area contributed by atoms with Crippen LogP contribution in [0.5, 0.6) is 0 Å². The van der Waals surface area contributed by atoms with Crippen LogP contribution >= 0.6 is 0 Å². The molecule has 0 aliphatic carbocycles. The monoisotopic (exact) mass is 253 g/mol. The molecule has 2 rings (SSSR count). The lowest BCUT2D eigenvalue weighted by Gasteiger charge is -2.02. The Morgan fingerprint density at radius 2 is 2.32 bits per heavy atom. The molecule has 0 saturated carbocycles. The van der Waals surface area contributed by atoms with E-state index in [0.29, 0.717) is 5.76 Å². The van der Waals surface area contributed by atoms with Gasteiger partial charge in [-0.05, 0) is 24.3 Å². The molecule has 0 fully saturated rings. The average molecular weight is 253 g/mol. The molecule has 0 aromatic carbocycles. The highest BCUT2D eigenvalue weighted by atomic mass is 16.3. The van der Waals surface area contributed by atoms with Crippen molar-refractivity contribution in [1.29, 1.82) is 5.26 Å². The first kappa shape index (κ1) is 12.6. The number of carbonyl (C=O) groups is 1. The number of pyridine rings is 1. The third-order valence-corrected chi connectivity index (χ3v) is 2.35. The number of furan rings is 1. The van der Waals surface area contributed by atoms with E-state index in [1.165, 1.54) is 12.3 Å². The molecule has 0 saturated heterocycles. The number of nitrogens with one attached hydrogen (secondary N) is 1. The predicted octanol–water partition coefficient (Wildman–Crippen LogP) is 1.90. The van der Waals surface area contributed by atoms with Gasteiger partial charge in [0.1, 0.15) is 17.4 Å². The van der Waals surface area contributed by atoms with E-state index in [1.807, 2.05) is 12.1 Å². The van der Waals surface area contributed by atoms with Gasteiger partial charge in [-0.3, -0.25) is 9.78 Å². The molecule has 2 aromatic heterocycles. The van der Waals surface area contributed by atoms with Gasteiger partial charge in [0, 0.05) is 12.3 Å². The molecule has 2 heterocycles. The van der Waals surface area contributed by atoms with Crippen LogP contribution in [0.4, 0.5) is 0 Å². The Labute approximate surface area is 110 Å². The summed E-state index contributed by atoms with van der Waals surface area (Å²) in [5.74, 6) is 0.00842. The number of hydrogen-bond donors (Lipinski definition) is 1. The lowest BCUT2D eigenvalue weighted by Crippen LogP contribution is -2.24. The number of nitrogens with zero attached hydrogens (tertiary/aromatic N) is 2. The van der Waals surface area contributed by atoms with E-state index in [4.69, 9.17) is 9.68 Å². The average Bonchev–Trinajstić information content (AvgIpc) is 2.96. The Bertz CT molecular complexity index is 610. The van der Waals surface area contributed by atoms with E-state index in [1.54, 1.807) is 30.5 Å². The second kappa shape index (κ2) is 6.17. The maximum Gasteiger partial charge on any atom is 0.262 e. The highest BCUT2D eigenvalue weighted by Crippen LogP contribution is 2.07. The van der Waals surface area contributed by atoms with Crippen molar-refractivity contribution >= 4 is 12.0 Å². The van der Waals surface area contributed by atoms with Gasteiger partial charge in [0.25, 0.3) is 5.91 Å². The zero-order chi connectivity index (χ0) is 13.5. The van der Waals surface area contributed by atoms with E-state index >= 15 is 0 Å². The SMILES string of the molecule is N#C/C(=C\c1ccco1)C(=O)NCc1ccccn1. The van der Waals surface area contributed by atoms with E-state index in [9.17, 15) is 4.79 Å². The second-order valence-corrected chi connectivity index (χ2v) is 3.69. The molecule has 5 heteroatoms. The Morgan fingerprint density at radius 1 is 1.42 bits per heavy atom. The Morgan fingerprint density at radius 3 is 2.95 bits per heavy atom. The second-order valence-electron chi connectivity index (χ2n) is 3.69. The smallest absolute Gasteiger partial charge is 0.262 e. The third-order valence-electron chi connectivity index (χ3n) is 2.35. The van der Waals surface area contributed by atoms with E-state index in [2.05, 4.69) is 10.3 Å². The summed E-state index contributed by atoms with van der Waals surface area (Å²) in [5, 5.41) is 11.6. The molecule has 0 spiro atoms. The van der Waals surface area contributed by atoms with Gasteiger partial charge in [0.15, 0.2) is 0 Å². The van der Waals surface area contributed by atoms with Crippen LogP contribution in [0.3, 0.4) is 0 Å². The van der Waals surface area contributed by atoms with Gasteiger partial charge >= 0.3 is 0 Å². The molecule has 0 unspecified atom stereocenters. The number of amides is 1. The predicted molar refractivity (Wildman–Crippen MR) is 68.4 cm³/mol. The van der Waals surface area contributed by atoms with Crippen molar-refractivity contribution in [2.45, 2.75) is 6.54 Å². The van der Waals surface area contributed by atoms with Crippen LogP contribution in [0.25, 0.3) is 6.08 Å². The van der Waals surface area contributed by atoms with Crippen LogP contribution in [0.1, 0.15) is 11.5 Å². The first-order valence-electron chi connectivity index (χ1n) is 5.63. The summed E-state index contributed by atoms with van der Waals surface area (Å²) in [6.45, 7) is 0.275. The molecule has 5 nitrogen and oxygen atoms in total. The van der Waals surface area contributed by atoms with Gasteiger partial charge in [-0.1, -0.05) is 6.07 Å². The Kier molecular flexibility index (Phi) is 4.09. The summed E-state index contributed by atoms with van der Waals surface area (Å²) < 4.78 is 5.06. The number of rotatable bonds is 4. The summed E-state index contributed by atoms with van der Waals surface area (Å²) >= 11 is 0. The van der Waals surface area contributed by atoms with Gasteiger partial charge in [-0.2, -0.15) is 5.26 Å².